The molecule has 2 aliphatic rings. The quantitative estimate of drug-likeness (QED) is 0.342. The number of aromatic nitrogens is 2. The van der Waals surface area contributed by atoms with Crippen LogP contribution < -0.4 is 4.74 Å². The molecule has 0 N–H and O–H groups in total. The van der Waals surface area contributed by atoms with Crippen LogP contribution in [0.5, 0.6) is 5.75 Å². The first-order valence-electron chi connectivity index (χ1n) is 12.7. The predicted octanol–water partition coefficient (Wildman–Crippen LogP) is 5.60. The Balaban J connectivity index is 1.31. The molecule has 0 saturated carbocycles. The van der Waals surface area contributed by atoms with Crippen LogP contribution in [0.4, 0.5) is 0 Å². The minimum Gasteiger partial charge on any atom is -0.493 e. The number of fused-ring (bicyclic) bond motifs is 3. The van der Waals surface area contributed by atoms with Crippen LogP contribution in [-0.2, 0) is 16.1 Å². The lowest BCUT2D eigenvalue weighted by Gasteiger charge is -2.34. The summed E-state index contributed by atoms with van der Waals surface area (Å²) in [4.78, 5) is 20.2. The third-order valence-corrected chi connectivity index (χ3v) is 7.23. The molecule has 35 heavy (non-hydrogen) atoms. The number of carbonyl (C=O) groups excluding carboxylic acids is 1. The number of imidazole rings is 1. The van der Waals surface area contributed by atoms with Gasteiger partial charge < -0.3 is 14.0 Å². The van der Waals surface area contributed by atoms with Crippen LogP contribution >= 0.6 is 11.6 Å². The van der Waals surface area contributed by atoms with Gasteiger partial charge in [0.25, 0.3) is 0 Å². The van der Waals surface area contributed by atoms with Gasteiger partial charge in [0.15, 0.2) is 5.78 Å². The molecule has 6 nitrogen and oxygen atoms in total. The van der Waals surface area contributed by atoms with Crippen molar-refractivity contribution < 1.29 is 14.3 Å². The van der Waals surface area contributed by atoms with Crippen molar-refractivity contribution in [1.29, 1.82) is 0 Å². The van der Waals surface area contributed by atoms with E-state index in [-0.39, 0.29) is 5.78 Å². The van der Waals surface area contributed by atoms with Gasteiger partial charge in [0.2, 0.25) is 0 Å². The minimum atomic E-state index is 0.194. The molecule has 7 heteroatoms. The maximum absolute atomic E-state index is 12.7. The van der Waals surface area contributed by atoms with Crippen LogP contribution in [0.2, 0.25) is 5.02 Å². The molecule has 3 heterocycles. The summed E-state index contributed by atoms with van der Waals surface area (Å²) in [6, 6.07) is 14.8. The van der Waals surface area contributed by atoms with Crippen molar-refractivity contribution in [2.75, 3.05) is 26.4 Å². The van der Waals surface area contributed by atoms with E-state index in [0.717, 1.165) is 54.4 Å². The normalized spacial score (nSPS) is 20.1. The lowest BCUT2D eigenvalue weighted by atomic mass is 10.1. The number of carbonyl (C=O) groups is 1. The molecule has 0 spiro atoms. The molecule has 2 aliphatic heterocycles. The Morgan fingerprint density at radius 2 is 1.97 bits per heavy atom. The molecular weight excluding hydrogens is 462 g/mol. The van der Waals surface area contributed by atoms with Gasteiger partial charge in [-0.05, 0) is 49.4 Å². The Labute approximate surface area is 212 Å². The number of ether oxygens (including phenoxy) is 2. The number of Topliss-reactive ketones (excluding diaryl/α,β-unsaturated/α-hetero) is 1. The maximum Gasteiger partial charge on any atom is 0.152 e. The van der Waals surface area contributed by atoms with Crippen molar-refractivity contribution in [1.82, 2.24) is 14.5 Å². The van der Waals surface area contributed by atoms with E-state index in [1.807, 2.05) is 47.0 Å². The smallest absolute Gasteiger partial charge is 0.152 e. The monoisotopic (exact) mass is 495 g/mol. The predicted molar refractivity (Wildman–Crippen MR) is 139 cm³/mol. The number of morpholine rings is 1. The second kappa shape index (κ2) is 10.7. The Kier molecular flexibility index (Phi) is 7.42. The van der Waals surface area contributed by atoms with E-state index in [1.165, 1.54) is 12.8 Å². The van der Waals surface area contributed by atoms with Crippen LogP contribution in [0, 0.1) is 5.92 Å². The lowest BCUT2D eigenvalue weighted by molar-refractivity contribution is -0.120. The number of halogens is 1. The van der Waals surface area contributed by atoms with Gasteiger partial charge in [0.1, 0.15) is 11.6 Å². The number of hydrogen-bond acceptors (Lipinski definition) is 5. The fraction of sp³-hybridized carbons (Fsp3) is 0.500. The first-order valence-corrected chi connectivity index (χ1v) is 13.1. The zero-order valence-corrected chi connectivity index (χ0v) is 21.3. The highest BCUT2D eigenvalue weighted by Crippen LogP contribution is 2.30. The highest BCUT2D eigenvalue weighted by Gasteiger charge is 2.36. The molecule has 2 fully saturated rings. The van der Waals surface area contributed by atoms with Crippen molar-refractivity contribution in [3.63, 3.8) is 0 Å². The molecule has 0 aliphatic carbocycles. The van der Waals surface area contributed by atoms with Crippen molar-refractivity contribution in [3.05, 3.63) is 47.5 Å². The van der Waals surface area contributed by atoms with Crippen LogP contribution in [-0.4, -0.2) is 58.7 Å². The van der Waals surface area contributed by atoms with Crippen molar-refractivity contribution >= 4 is 28.4 Å². The van der Waals surface area contributed by atoms with Crippen LogP contribution in [0.1, 0.15) is 39.5 Å². The number of rotatable bonds is 10. The fourth-order valence-electron chi connectivity index (χ4n) is 5.42. The second-order valence-electron chi connectivity index (χ2n) is 10.2. The van der Waals surface area contributed by atoms with Gasteiger partial charge in [-0.2, -0.15) is 0 Å². The van der Waals surface area contributed by atoms with E-state index in [1.54, 1.807) is 0 Å². The summed E-state index contributed by atoms with van der Waals surface area (Å²) in [6.45, 7) is 7.86. The molecule has 2 bridgehead atoms. The molecule has 2 atom stereocenters. The summed E-state index contributed by atoms with van der Waals surface area (Å²) in [5.41, 5.74) is 2.64. The standard InChI is InChI=1S/C28H34ClN3O3/c1-19(2)13-24(33)16-32-27-10-9-25(15-26(27)30-28(32)20-5-3-6-21(29)14-20)35-12-4-11-31-22-7-8-23(31)18-34-17-22/h3,5-6,9-10,14-15,19,22-23H,4,7-8,11-13,16-18H2,1-2H3/t22-,23+. The summed E-state index contributed by atoms with van der Waals surface area (Å²) in [5.74, 6) is 2.07. The highest BCUT2D eigenvalue weighted by molar-refractivity contribution is 6.30. The average Bonchev–Trinajstić information content (AvgIpc) is 3.27. The Morgan fingerprint density at radius 3 is 2.71 bits per heavy atom. The summed E-state index contributed by atoms with van der Waals surface area (Å²) in [6.07, 6.45) is 4.02. The molecule has 5 rings (SSSR count). The first kappa shape index (κ1) is 24.3. The molecule has 0 radical (unpaired) electrons. The van der Waals surface area contributed by atoms with Crippen molar-refractivity contribution in [2.45, 2.75) is 58.2 Å². The van der Waals surface area contributed by atoms with Crippen LogP contribution in [0.15, 0.2) is 42.5 Å². The number of nitrogens with zero attached hydrogens (tertiary/aromatic N) is 3. The first-order chi connectivity index (χ1) is 17.0. The minimum absolute atomic E-state index is 0.194. The molecule has 1 aromatic heterocycles. The molecular formula is C28H34ClN3O3. The maximum atomic E-state index is 12.7. The molecule has 0 unspecified atom stereocenters. The van der Waals surface area contributed by atoms with E-state index in [9.17, 15) is 4.79 Å². The summed E-state index contributed by atoms with van der Waals surface area (Å²) >= 11 is 6.26. The summed E-state index contributed by atoms with van der Waals surface area (Å²) in [7, 11) is 0. The van der Waals surface area contributed by atoms with Gasteiger partial charge in [-0.1, -0.05) is 37.6 Å². The number of ketones is 1. The fourth-order valence-corrected chi connectivity index (χ4v) is 5.61. The van der Waals surface area contributed by atoms with Gasteiger partial charge in [0.05, 0.1) is 37.4 Å². The van der Waals surface area contributed by atoms with Gasteiger partial charge in [-0.3, -0.25) is 9.69 Å². The summed E-state index contributed by atoms with van der Waals surface area (Å²) < 4.78 is 13.8. The van der Waals surface area contributed by atoms with Crippen molar-refractivity contribution in [3.8, 4) is 17.1 Å². The average molecular weight is 496 g/mol. The third kappa shape index (κ3) is 5.55. The van der Waals surface area contributed by atoms with Crippen molar-refractivity contribution in [2.24, 2.45) is 5.92 Å². The summed E-state index contributed by atoms with van der Waals surface area (Å²) in [5, 5.41) is 0.646. The van der Waals surface area contributed by atoms with Gasteiger partial charge >= 0.3 is 0 Å². The largest absolute Gasteiger partial charge is 0.493 e. The second-order valence-corrected chi connectivity index (χ2v) is 10.6. The SMILES string of the molecule is CC(C)CC(=O)Cn1c(-c2cccc(Cl)c2)nc2cc(OCCCN3[C@@H]4CC[C@H]3COC4)ccc21. The van der Waals surface area contributed by atoms with E-state index in [4.69, 9.17) is 26.1 Å². The van der Waals surface area contributed by atoms with E-state index in [2.05, 4.69) is 18.7 Å². The zero-order chi connectivity index (χ0) is 24.4. The molecule has 3 aromatic rings. The number of hydrogen-bond donors (Lipinski definition) is 0. The molecule has 2 saturated heterocycles. The molecule has 186 valence electrons. The highest BCUT2D eigenvalue weighted by atomic mass is 35.5. The van der Waals surface area contributed by atoms with Crippen LogP contribution in [0.25, 0.3) is 22.4 Å². The Bertz CT molecular complexity index is 1180. The van der Waals surface area contributed by atoms with E-state index >= 15 is 0 Å². The van der Waals surface area contributed by atoms with E-state index < -0.39 is 0 Å². The van der Waals surface area contributed by atoms with Gasteiger partial charge in [-0.15, -0.1) is 0 Å². The Morgan fingerprint density at radius 1 is 1.17 bits per heavy atom. The van der Waals surface area contributed by atoms with E-state index in [0.29, 0.717) is 42.6 Å². The third-order valence-electron chi connectivity index (χ3n) is 6.99. The Hall–Kier alpha value is -2.41. The number of benzene rings is 2. The molecule has 2 aromatic carbocycles. The lowest BCUT2D eigenvalue weighted by Crippen LogP contribution is -2.46. The van der Waals surface area contributed by atoms with Gasteiger partial charge in [0, 0.05) is 41.7 Å². The van der Waals surface area contributed by atoms with Gasteiger partial charge in [-0.25, -0.2) is 4.98 Å². The topological polar surface area (TPSA) is 56.6 Å². The zero-order valence-electron chi connectivity index (χ0n) is 20.6. The van der Waals surface area contributed by atoms with Crippen LogP contribution in [0.3, 0.4) is 0 Å². The molecule has 0 amide bonds.